The zero-order valence-corrected chi connectivity index (χ0v) is 10.6. The Bertz CT molecular complexity index is 707. The van der Waals surface area contributed by atoms with E-state index in [9.17, 15) is 14.4 Å². The number of imide groups is 1. The van der Waals surface area contributed by atoms with Gasteiger partial charge in [0, 0.05) is 18.4 Å². The van der Waals surface area contributed by atoms with Gasteiger partial charge < -0.3 is 4.79 Å². The van der Waals surface area contributed by atoms with E-state index >= 15 is 0 Å². The highest BCUT2D eigenvalue weighted by Crippen LogP contribution is 2.27. The zero-order valence-electron chi connectivity index (χ0n) is 10.6. The van der Waals surface area contributed by atoms with Crippen molar-refractivity contribution in [1.29, 1.82) is 0 Å². The molecule has 2 aromatic rings. The van der Waals surface area contributed by atoms with Crippen LogP contribution < -0.4 is 10.2 Å². The molecule has 1 aliphatic heterocycles. The molecule has 0 radical (unpaired) electrons. The SMILES string of the molecule is O=CCn1nc(N2CCC(=O)NC2=O)c2ccccc21. The number of hydrogen-bond acceptors (Lipinski definition) is 4. The first-order chi connectivity index (χ1) is 9.70. The minimum atomic E-state index is -0.484. The molecule has 1 aliphatic rings. The predicted molar refractivity (Wildman–Crippen MR) is 71.3 cm³/mol. The second-order valence-electron chi connectivity index (χ2n) is 4.44. The maximum Gasteiger partial charge on any atom is 0.329 e. The summed E-state index contributed by atoms with van der Waals surface area (Å²) in [6, 6.07) is 6.87. The predicted octanol–water partition coefficient (Wildman–Crippen LogP) is 0.681. The molecule has 2 heterocycles. The van der Waals surface area contributed by atoms with Crippen LogP contribution in [0, 0.1) is 0 Å². The molecule has 1 aromatic carbocycles. The zero-order chi connectivity index (χ0) is 14.1. The lowest BCUT2D eigenvalue weighted by atomic mass is 10.2. The number of amides is 3. The Morgan fingerprint density at radius 1 is 1.30 bits per heavy atom. The average molecular weight is 272 g/mol. The van der Waals surface area contributed by atoms with Gasteiger partial charge in [0.05, 0.1) is 12.1 Å². The summed E-state index contributed by atoms with van der Waals surface area (Å²) in [5.74, 6) is 0.176. The van der Waals surface area contributed by atoms with Gasteiger partial charge in [-0.05, 0) is 12.1 Å². The van der Waals surface area contributed by atoms with Crippen LogP contribution in [0.15, 0.2) is 24.3 Å². The van der Waals surface area contributed by atoms with E-state index in [1.54, 1.807) is 4.68 Å². The van der Waals surface area contributed by atoms with Crippen LogP contribution in [-0.2, 0) is 16.1 Å². The van der Waals surface area contributed by atoms with Crippen molar-refractivity contribution in [3.8, 4) is 0 Å². The van der Waals surface area contributed by atoms with Crippen LogP contribution in [0.1, 0.15) is 6.42 Å². The molecule has 1 N–H and O–H groups in total. The van der Waals surface area contributed by atoms with Crippen LogP contribution in [0.3, 0.4) is 0 Å². The Labute approximate surface area is 114 Å². The number of benzene rings is 1. The number of hydrogen-bond donors (Lipinski definition) is 1. The number of aromatic nitrogens is 2. The standard InChI is InChI=1S/C13H12N4O3/c18-8-7-17-10-4-2-1-3-9(10)12(15-17)16-6-5-11(19)14-13(16)20/h1-4,8H,5-7H2,(H,14,19,20). The molecule has 0 unspecified atom stereocenters. The minimum absolute atomic E-state index is 0.120. The van der Waals surface area contributed by atoms with E-state index in [0.29, 0.717) is 5.82 Å². The molecule has 0 aliphatic carbocycles. The minimum Gasteiger partial charge on any atom is -0.301 e. The summed E-state index contributed by atoms with van der Waals surface area (Å²) >= 11 is 0. The lowest BCUT2D eigenvalue weighted by molar-refractivity contribution is -0.120. The third-order valence-electron chi connectivity index (χ3n) is 3.20. The van der Waals surface area contributed by atoms with Crippen LogP contribution in [0.2, 0.25) is 0 Å². The summed E-state index contributed by atoms with van der Waals surface area (Å²) in [5.41, 5.74) is 0.777. The van der Waals surface area contributed by atoms with Gasteiger partial charge in [0.15, 0.2) is 5.82 Å². The monoisotopic (exact) mass is 272 g/mol. The Kier molecular flexibility index (Phi) is 2.94. The van der Waals surface area contributed by atoms with Gasteiger partial charge in [0.1, 0.15) is 6.29 Å². The van der Waals surface area contributed by atoms with Gasteiger partial charge in [-0.25, -0.2) is 4.79 Å². The largest absolute Gasteiger partial charge is 0.329 e. The maximum absolute atomic E-state index is 11.9. The molecule has 3 rings (SSSR count). The normalized spacial score (nSPS) is 15.5. The molecule has 0 spiro atoms. The molecule has 102 valence electrons. The van der Waals surface area contributed by atoms with Crippen molar-refractivity contribution in [2.45, 2.75) is 13.0 Å². The second kappa shape index (κ2) is 4.76. The number of urea groups is 1. The quantitative estimate of drug-likeness (QED) is 0.833. The number of fused-ring (bicyclic) bond motifs is 1. The Balaban J connectivity index is 2.09. The van der Waals surface area contributed by atoms with Crippen LogP contribution in [0.25, 0.3) is 10.9 Å². The third kappa shape index (κ3) is 1.93. The van der Waals surface area contributed by atoms with E-state index in [1.165, 1.54) is 4.90 Å². The van der Waals surface area contributed by atoms with Crippen LogP contribution in [0.5, 0.6) is 0 Å². The van der Waals surface area contributed by atoms with Crippen molar-refractivity contribution in [3.05, 3.63) is 24.3 Å². The molecule has 7 nitrogen and oxygen atoms in total. The second-order valence-corrected chi connectivity index (χ2v) is 4.44. The van der Waals surface area contributed by atoms with Crippen LogP contribution in [0.4, 0.5) is 10.6 Å². The summed E-state index contributed by atoms with van der Waals surface area (Å²) in [4.78, 5) is 35.2. The highest BCUT2D eigenvalue weighted by Gasteiger charge is 2.27. The number of para-hydroxylation sites is 1. The van der Waals surface area contributed by atoms with Gasteiger partial charge >= 0.3 is 6.03 Å². The fraction of sp³-hybridized carbons (Fsp3) is 0.231. The smallest absolute Gasteiger partial charge is 0.301 e. The van der Waals surface area contributed by atoms with Gasteiger partial charge in [0.2, 0.25) is 5.91 Å². The summed E-state index contributed by atoms with van der Waals surface area (Å²) in [7, 11) is 0. The average Bonchev–Trinajstić information content (AvgIpc) is 2.79. The van der Waals surface area contributed by atoms with E-state index in [0.717, 1.165) is 17.2 Å². The highest BCUT2D eigenvalue weighted by molar-refractivity contribution is 6.08. The molecule has 1 saturated heterocycles. The fourth-order valence-corrected chi connectivity index (χ4v) is 2.29. The van der Waals surface area contributed by atoms with E-state index in [-0.39, 0.29) is 25.4 Å². The first-order valence-corrected chi connectivity index (χ1v) is 6.21. The van der Waals surface area contributed by atoms with Gasteiger partial charge in [-0.2, -0.15) is 5.10 Å². The molecular weight excluding hydrogens is 260 g/mol. The molecule has 7 heteroatoms. The lowest BCUT2D eigenvalue weighted by Crippen LogP contribution is -2.49. The summed E-state index contributed by atoms with van der Waals surface area (Å²) < 4.78 is 1.54. The summed E-state index contributed by atoms with van der Waals surface area (Å²) in [6.45, 7) is 0.404. The first-order valence-electron chi connectivity index (χ1n) is 6.21. The Hall–Kier alpha value is -2.70. The topological polar surface area (TPSA) is 84.3 Å². The molecular formula is C13H12N4O3. The molecule has 0 bridgehead atoms. The van der Waals surface area contributed by atoms with Gasteiger partial charge in [-0.3, -0.25) is 19.7 Å². The summed E-state index contributed by atoms with van der Waals surface area (Å²) in [5, 5.41) is 7.36. The number of carbonyl (C=O) groups excluding carboxylic acids is 3. The maximum atomic E-state index is 11.9. The van der Waals surface area contributed by atoms with E-state index in [1.807, 2.05) is 24.3 Å². The van der Waals surface area contributed by atoms with Gasteiger partial charge in [0.25, 0.3) is 0 Å². The van der Waals surface area contributed by atoms with Gasteiger partial charge in [-0.1, -0.05) is 12.1 Å². The molecule has 0 atom stereocenters. The highest BCUT2D eigenvalue weighted by atomic mass is 16.2. The number of nitrogens with one attached hydrogen (secondary N) is 1. The van der Waals surface area contributed by atoms with Crippen molar-refractivity contribution >= 4 is 34.9 Å². The fourth-order valence-electron chi connectivity index (χ4n) is 2.29. The Morgan fingerprint density at radius 3 is 2.85 bits per heavy atom. The van der Waals surface area contributed by atoms with Crippen molar-refractivity contribution in [1.82, 2.24) is 15.1 Å². The number of nitrogens with zero attached hydrogens (tertiary/aromatic N) is 3. The number of aldehydes is 1. The molecule has 3 amide bonds. The lowest BCUT2D eigenvalue weighted by Gasteiger charge is -2.24. The first kappa shape index (κ1) is 12.3. The van der Waals surface area contributed by atoms with E-state index in [4.69, 9.17) is 0 Å². The molecule has 0 saturated carbocycles. The van der Waals surface area contributed by atoms with E-state index in [2.05, 4.69) is 10.4 Å². The number of carbonyl (C=O) groups is 3. The van der Waals surface area contributed by atoms with Crippen molar-refractivity contribution in [3.63, 3.8) is 0 Å². The van der Waals surface area contributed by atoms with Gasteiger partial charge in [-0.15, -0.1) is 0 Å². The van der Waals surface area contributed by atoms with E-state index < -0.39 is 6.03 Å². The Morgan fingerprint density at radius 2 is 2.10 bits per heavy atom. The third-order valence-corrected chi connectivity index (χ3v) is 3.20. The number of anilines is 1. The van der Waals surface area contributed by atoms with Crippen LogP contribution in [-0.4, -0.2) is 34.5 Å². The van der Waals surface area contributed by atoms with Crippen molar-refractivity contribution < 1.29 is 14.4 Å². The molecule has 1 aromatic heterocycles. The van der Waals surface area contributed by atoms with Crippen molar-refractivity contribution in [2.24, 2.45) is 0 Å². The molecule has 1 fully saturated rings. The number of rotatable bonds is 3. The van der Waals surface area contributed by atoms with Crippen LogP contribution >= 0.6 is 0 Å². The van der Waals surface area contributed by atoms with Crippen molar-refractivity contribution in [2.75, 3.05) is 11.4 Å². The summed E-state index contributed by atoms with van der Waals surface area (Å²) in [6.07, 6.45) is 0.990. The molecule has 20 heavy (non-hydrogen) atoms.